The summed E-state index contributed by atoms with van der Waals surface area (Å²) in [5.41, 5.74) is 1.25. The number of carbonyl (C=O) groups excluding carboxylic acids is 1. The maximum absolute atomic E-state index is 12.7. The molecule has 1 amide bonds. The molecule has 2 N–H and O–H groups in total. The molecular weight excluding hydrogens is 514 g/mol. The van der Waals surface area contributed by atoms with E-state index < -0.39 is 21.6 Å². The van der Waals surface area contributed by atoms with E-state index in [-0.39, 0.29) is 4.90 Å². The van der Waals surface area contributed by atoms with Crippen molar-refractivity contribution in [3.8, 4) is 17.0 Å². The normalized spacial score (nSPS) is 11.3. The zero-order valence-corrected chi connectivity index (χ0v) is 20.9. The van der Waals surface area contributed by atoms with Gasteiger partial charge in [0.1, 0.15) is 11.3 Å². The molecule has 0 bridgehead atoms. The van der Waals surface area contributed by atoms with Gasteiger partial charge in [0.15, 0.2) is 5.13 Å². The average Bonchev–Trinajstić information content (AvgIpc) is 3.36. The number of thiazole rings is 1. The Hall–Kier alpha value is -4.48. The van der Waals surface area contributed by atoms with Crippen molar-refractivity contribution in [3.63, 3.8) is 0 Å². The number of amides is 1. The van der Waals surface area contributed by atoms with E-state index in [0.29, 0.717) is 39.0 Å². The molecule has 0 atom stereocenters. The molecule has 0 aliphatic heterocycles. The predicted octanol–water partition coefficient (Wildman–Crippen LogP) is 4.98. The summed E-state index contributed by atoms with van der Waals surface area (Å²) in [6, 6.07) is 20.8. The molecule has 37 heavy (non-hydrogen) atoms. The molecule has 0 aliphatic rings. The van der Waals surface area contributed by atoms with E-state index in [9.17, 15) is 18.0 Å². The molecule has 0 saturated heterocycles. The van der Waals surface area contributed by atoms with Gasteiger partial charge in [-0.25, -0.2) is 18.2 Å². The van der Waals surface area contributed by atoms with Gasteiger partial charge in [0.05, 0.1) is 23.3 Å². The van der Waals surface area contributed by atoms with Crippen molar-refractivity contribution < 1.29 is 22.4 Å². The van der Waals surface area contributed by atoms with E-state index in [4.69, 9.17) is 9.15 Å². The summed E-state index contributed by atoms with van der Waals surface area (Å²) in [5.74, 6) is 0.110. The zero-order chi connectivity index (χ0) is 26.0. The lowest BCUT2D eigenvalue weighted by Crippen LogP contribution is -2.14. The molecule has 2 aromatic heterocycles. The topological polar surface area (TPSA) is 128 Å². The standard InChI is InChI=1S/C26H19N3O6S2/c1-34-19-10-12-20(13-11-19)37(32,33)29-18-8-6-16(7-9-18)24(30)28-26-27-22(15-36-26)21-14-17-4-2-3-5-23(17)35-25(21)31/h2-15,29H,1H3,(H,27,28,30). The van der Waals surface area contributed by atoms with Crippen LogP contribution in [0.4, 0.5) is 10.8 Å². The summed E-state index contributed by atoms with van der Waals surface area (Å²) in [4.78, 5) is 29.5. The van der Waals surface area contributed by atoms with Crippen molar-refractivity contribution in [1.29, 1.82) is 0 Å². The second-order valence-corrected chi connectivity index (χ2v) is 10.4. The minimum atomic E-state index is -3.81. The van der Waals surface area contributed by atoms with E-state index >= 15 is 0 Å². The van der Waals surface area contributed by atoms with Crippen molar-refractivity contribution in [1.82, 2.24) is 4.98 Å². The molecule has 0 unspecified atom stereocenters. The van der Waals surface area contributed by atoms with Crippen molar-refractivity contribution in [3.05, 3.63) is 100 Å². The number of carbonyl (C=O) groups is 1. The van der Waals surface area contributed by atoms with E-state index in [2.05, 4.69) is 15.0 Å². The molecule has 3 aromatic carbocycles. The Kier molecular flexibility index (Phi) is 6.47. The monoisotopic (exact) mass is 533 g/mol. The number of fused-ring (bicyclic) bond motifs is 1. The first-order valence-corrected chi connectivity index (χ1v) is 13.3. The van der Waals surface area contributed by atoms with Crippen molar-refractivity contribution in [2.75, 3.05) is 17.1 Å². The predicted molar refractivity (Wildman–Crippen MR) is 142 cm³/mol. The van der Waals surface area contributed by atoms with Crippen LogP contribution in [0.5, 0.6) is 5.75 Å². The van der Waals surface area contributed by atoms with Crippen LogP contribution in [0, 0.1) is 0 Å². The first kappa shape index (κ1) is 24.2. The second kappa shape index (κ2) is 9.88. The average molecular weight is 534 g/mol. The molecule has 5 rings (SSSR count). The number of nitrogens with one attached hydrogen (secondary N) is 2. The van der Waals surface area contributed by atoms with Crippen LogP contribution in [-0.4, -0.2) is 26.4 Å². The number of aromatic nitrogens is 1. The number of benzene rings is 3. The molecule has 0 saturated carbocycles. The maximum Gasteiger partial charge on any atom is 0.345 e. The Morgan fingerprint density at radius 3 is 2.46 bits per heavy atom. The number of hydrogen-bond acceptors (Lipinski definition) is 8. The van der Waals surface area contributed by atoms with Gasteiger partial charge in [0, 0.05) is 22.0 Å². The molecule has 0 spiro atoms. The van der Waals surface area contributed by atoms with E-state index in [0.717, 1.165) is 5.39 Å². The zero-order valence-electron chi connectivity index (χ0n) is 19.3. The fraction of sp³-hybridized carbons (Fsp3) is 0.0385. The van der Waals surface area contributed by atoms with Crippen LogP contribution in [-0.2, 0) is 10.0 Å². The fourth-order valence-electron chi connectivity index (χ4n) is 3.52. The highest BCUT2D eigenvalue weighted by Gasteiger charge is 2.16. The van der Waals surface area contributed by atoms with Crippen LogP contribution in [0.2, 0.25) is 0 Å². The van der Waals surface area contributed by atoms with Crippen molar-refractivity contribution in [2.24, 2.45) is 0 Å². The summed E-state index contributed by atoms with van der Waals surface area (Å²) in [5, 5.41) is 5.42. The molecular formula is C26H19N3O6S2. The number of nitrogens with zero attached hydrogens (tertiary/aromatic N) is 1. The number of sulfonamides is 1. The van der Waals surface area contributed by atoms with Crippen molar-refractivity contribution >= 4 is 49.1 Å². The smallest absolute Gasteiger partial charge is 0.345 e. The summed E-state index contributed by atoms with van der Waals surface area (Å²) < 4.78 is 38.1. The van der Waals surface area contributed by atoms with Crippen LogP contribution in [0.25, 0.3) is 22.2 Å². The number of methoxy groups -OCH3 is 1. The first-order valence-electron chi connectivity index (χ1n) is 10.9. The Morgan fingerprint density at radius 2 is 1.73 bits per heavy atom. The highest BCUT2D eigenvalue weighted by molar-refractivity contribution is 7.92. The molecule has 0 radical (unpaired) electrons. The third-order valence-electron chi connectivity index (χ3n) is 5.41. The summed E-state index contributed by atoms with van der Waals surface area (Å²) in [6.45, 7) is 0. The number of para-hydroxylation sites is 1. The number of rotatable bonds is 7. The van der Waals surface area contributed by atoms with E-state index in [1.807, 2.05) is 12.1 Å². The quantitative estimate of drug-likeness (QED) is 0.283. The van der Waals surface area contributed by atoms with Crippen LogP contribution >= 0.6 is 11.3 Å². The highest BCUT2D eigenvalue weighted by atomic mass is 32.2. The Balaban J connectivity index is 1.28. The van der Waals surface area contributed by atoms with E-state index in [1.165, 1.54) is 54.8 Å². The molecule has 186 valence electrons. The van der Waals surface area contributed by atoms with Crippen LogP contribution in [0.1, 0.15) is 10.4 Å². The summed E-state index contributed by atoms with van der Waals surface area (Å²) >= 11 is 1.17. The Labute approximate surface area is 215 Å². The largest absolute Gasteiger partial charge is 0.497 e. The lowest BCUT2D eigenvalue weighted by molar-refractivity contribution is 0.102. The Morgan fingerprint density at radius 1 is 1.00 bits per heavy atom. The Bertz CT molecular complexity index is 1760. The first-order chi connectivity index (χ1) is 17.8. The lowest BCUT2D eigenvalue weighted by atomic mass is 10.1. The number of anilines is 2. The van der Waals surface area contributed by atoms with Gasteiger partial charge in [-0.05, 0) is 60.7 Å². The van der Waals surface area contributed by atoms with Gasteiger partial charge in [0.25, 0.3) is 15.9 Å². The van der Waals surface area contributed by atoms with Crippen LogP contribution in [0.15, 0.2) is 98.4 Å². The van der Waals surface area contributed by atoms with Gasteiger partial charge in [-0.1, -0.05) is 18.2 Å². The fourth-order valence-corrected chi connectivity index (χ4v) is 5.29. The number of hydrogen-bond donors (Lipinski definition) is 2. The highest BCUT2D eigenvalue weighted by Crippen LogP contribution is 2.26. The van der Waals surface area contributed by atoms with Gasteiger partial charge < -0.3 is 9.15 Å². The molecule has 9 nitrogen and oxygen atoms in total. The van der Waals surface area contributed by atoms with Gasteiger partial charge in [0.2, 0.25) is 0 Å². The summed E-state index contributed by atoms with van der Waals surface area (Å²) in [6.07, 6.45) is 0. The minimum Gasteiger partial charge on any atom is -0.497 e. The van der Waals surface area contributed by atoms with Crippen LogP contribution < -0.4 is 20.4 Å². The molecule has 5 aromatic rings. The number of ether oxygens (including phenoxy) is 1. The van der Waals surface area contributed by atoms with Gasteiger partial charge in [-0.15, -0.1) is 11.3 Å². The third kappa shape index (κ3) is 5.22. The molecule has 2 heterocycles. The second-order valence-electron chi connectivity index (χ2n) is 7.84. The van der Waals surface area contributed by atoms with Gasteiger partial charge in [-0.3, -0.25) is 14.8 Å². The van der Waals surface area contributed by atoms with Gasteiger partial charge >= 0.3 is 5.63 Å². The molecule has 0 fully saturated rings. The maximum atomic E-state index is 12.7. The minimum absolute atomic E-state index is 0.0788. The molecule has 0 aliphatic carbocycles. The lowest BCUT2D eigenvalue weighted by Gasteiger charge is -2.09. The molecule has 11 heteroatoms. The van der Waals surface area contributed by atoms with Gasteiger partial charge in [-0.2, -0.15) is 0 Å². The van der Waals surface area contributed by atoms with E-state index in [1.54, 1.807) is 35.7 Å². The SMILES string of the molecule is COc1ccc(S(=O)(=O)Nc2ccc(C(=O)Nc3nc(-c4cc5ccccc5oc4=O)cs3)cc2)cc1. The third-order valence-corrected chi connectivity index (χ3v) is 7.57. The van der Waals surface area contributed by atoms with Crippen molar-refractivity contribution in [2.45, 2.75) is 4.90 Å². The summed E-state index contributed by atoms with van der Waals surface area (Å²) in [7, 11) is -2.31. The van der Waals surface area contributed by atoms with Crippen LogP contribution in [0.3, 0.4) is 0 Å².